The lowest BCUT2D eigenvalue weighted by Crippen LogP contribution is -2.07. The van der Waals surface area contributed by atoms with Crippen molar-refractivity contribution in [2.24, 2.45) is 0 Å². The summed E-state index contributed by atoms with van der Waals surface area (Å²) in [5.74, 6) is 1.20. The molecule has 1 atom stereocenters. The van der Waals surface area contributed by atoms with Gasteiger partial charge in [-0.05, 0) is 73.4 Å². The maximum Gasteiger partial charge on any atom is 0.256 e. The van der Waals surface area contributed by atoms with Crippen LogP contribution in [0.25, 0.3) is 11.6 Å². The van der Waals surface area contributed by atoms with E-state index in [0.29, 0.717) is 11.8 Å². The number of aromatic amines is 1. The van der Waals surface area contributed by atoms with Crippen LogP contribution in [0.1, 0.15) is 60.2 Å². The highest BCUT2D eigenvalue weighted by Gasteiger charge is 2.26. The van der Waals surface area contributed by atoms with Crippen molar-refractivity contribution in [3.8, 4) is 0 Å². The van der Waals surface area contributed by atoms with Gasteiger partial charge < -0.3 is 10.3 Å². The maximum absolute atomic E-state index is 12.4. The van der Waals surface area contributed by atoms with E-state index in [0.717, 1.165) is 40.9 Å². The first-order valence-electron chi connectivity index (χ1n) is 9.13. The molecule has 1 aromatic heterocycles. The molecule has 0 radical (unpaired) electrons. The summed E-state index contributed by atoms with van der Waals surface area (Å²) in [4.78, 5) is 16.0. The maximum atomic E-state index is 12.4. The molecule has 1 aliphatic heterocycles. The van der Waals surface area contributed by atoms with Gasteiger partial charge in [-0.3, -0.25) is 4.79 Å². The Balaban J connectivity index is 1.72. The van der Waals surface area contributed by atoms with Gasteiger partial charge in [-0.25, -0.2) is 0 Å². The number of aryl methyl sites for hydroxylation is 2. The minimum atomic E-state index is -0.0300. The van der Waals surface area contributed by atoms with Gasteiger partial charge in [0.25, 0.3) is 5.91 Å². The van der Waals surface area contributed by atoms with Gasteiger partial charge in [0.2, 0.25) is 0 Å². The van der Waals surface area contributed by atoms with Crippen molar-refractivity contribution in [2.45, 2.75) is 44.9 Å². The Morgan fingerprint density at radius 1 is 1.32 bits per heavy atom. The van der Waals surface area contributed by atoms with Crippen LogP contribution in [0.5, 0.6) is 0 Å². The number of alkyl halides is 1. The number of carbonyl (C=O) groups excluding carboxylic acids is 1. The van der Waals surface area contributed by atoms with E-state index in [1.165, 1.54) is 30.5 Å². The second kappa shape index (κ2) is 6.72. The molecule has 1 aromatic carbocycles. The summed E-state index contributed by atoms with van der Waals surface area (Å²) >= 11 is 5.87. The van der Waals surface area contributed by atoms with Crippen LogP contribution in [0, 0.1) is 0 Å². The number of amides is 1. The van der Waals surface area contributed by atoms with Crippen LogP contribution >= 0.6 is 11.6 Å². The van der Waals surface area contributed by atoms with Crippen LogP contribution in [0.3, 0.4) is 0 Å². The van der Waals surface area contributed by atoms with Crippen LogP contribution in [0.2, 0.25) is 0 Å². The van der Waals surface area contributed by atoms with E-state index >= 15 is 0 Å². The predicted octanol–water partition coefficient (Wildman–Crippen LogP) is 5.12. The topological polar surface area (TPSA) is 44.9 Å². The van der Waals surface area contributed by atoms with Crippen LogP contribution in [-0.2, 0) is 17.6 Å². The van der Waals surface area contributed by atoms with Gasteiger partial charge in [-0.2, -0.15) is 0 Å². The van der Waals surface area contributed by atoms with Crippen LogP contribution < -0.4 is 5.32 Å². The molecule has 2 aliphatic rings. The molecule has 4 heteroatoms. The zero-order valence-electron chi connectivity index (χ0n) is 14.5. The third-order valence-corrected chi connectivity index (χ3v) is 5.61. The van der Waals surface area contributed by atoms with E-state index in [1.807, 2.05) is 18.2 Å². The molecule has 0 spiro atoms. The Kier molecular flexibility index (Phi) is 4.43. The second-order valence-corrected chi connectivity index (χ2v) is 7.36. The zero-order valence-corrected chi connectivity index (χ0v) is 15.2. The molecule has 0 bridgehead atoms. The van der Waals surface area contributed by atoms with Crippen molar-refractivity contribution >= 4 is 34.8 Å². The summed E-state index contributed by atoms with van der Waals surface area (Å²) in [5, 5.41) is 2.96. The van der Waals surface area contributed by atoms with Crippen molar-refractivity contribution in [3.05, 3.63) is 52.3 Å². The first-order valence-corrected chi connectivity index (χ1v) is 9.67. The van der Waals surface area contributed by atoms with Gasteiger partial charge in [0.15, 0.2) is 0 Å². The third-order valence-electron chi connectivity index (χ3n) is 5.42. The molecule has 0 fully saturated rings. The molecule has 1 unspecified atom stereocenters. The molecule has 25 heavy (non-hydrogen) atoms. The Morgan fingerprint density at radius 2 is 2.20 bits per heavy atom. The number of carbonyl (C=O) groups is 1. The molecule has 4 rings (SSSR count). The monoisotopic (exact) mass is 354 g/mol. The number of aromatic nitrogens is 1. The standard InChI is InChI=1S/C21H23ClN2O/c1-2-14-4-3-5-19-16(14)11-15(23-19)12-18-17-10-13(8-9-22)6-7-20(17)24-21(18)25/h6-7,10-12,14,23H,2-5,8-9H2,1H3,(H,24,25). The van der Waals surface area contributed by atoms with Gasteiger partial charge in [0, 0.05) is 28.5 Å². The molecule has 1 aliphatic carbocycles. The van der Waals surface area contributed by atoms with Gasteiger partial charge in [-0.15, -0.1) is 11.6 Å². The van der Waals surface area contributed by atoms with Crippen molar-refractivity contribution in [2.75, 3.05) is 11.2 Å². The van der Waals surface area contributed by atoms with Crippen LogP contribution in [-0.4, -0.2) is 16.8 Å². The average molecular weight is 355 g/mol. The third kappa shape index (κ3) is 3.02. The molecule has 2 heterocycles. The van der Waals surface area contributed by atoms with E-state index in [4.69, 9.17) is 11.6 Å². The van der Waals surface area contributed by atoms with Crippen molar-refractivity contribution < 1.29 is 4.79 Å². The summed E-state index contributed by atoms with van der Waals surface area (Å²) in [6.07, 6.45) is 7.60. The van der Waals surface area contributed by atoms with Crippen molar-refractivity contribution in [1.82, 2.24) is 4.98 Å². The number of halogens is 1. The lowest BCUT2D eigenvalue weighted by Gasteiger charge is -2.20. The highest BCUT2D eigenvalue weighted by Crippen LogP contribution is 2.37. The number of anilines is 1. The van der Waals surface area contributed by atoms with E-state index in [1.54, 1.807) is 0 Å². The molecule has 2 N–H and O–H groups in total. The second-order valence-electron chi connectivity index (χ2n) is 6.99. The SMILES string of the molecule is CCC1CCCc2[nH]c(C=C3C(=O)Nc4ccc(CCCl)cc43)cc21. The number of benzene rings is 1. The highest BCUT2D eigenvalue weighted by molar-refractivity contribution is 6.34. The quantitative estimate of drug-likeness (QED) is 0.581. The lowest BCUT2D eigenvalue weighted by atomic mass is 9.85. The normalized spacial score (nSPS) is 20.5. The largest absolute Gasteiger partial charge is 0.359 e. The van der Waals surface area contributed by atoms with Gasteiger partial charge in [0.05, 0.1) is 5.57 Å². The van der Waals surface area contributed by atoms with E-state index in [-0.39, 0.29) is 5.91 Å². The molecular weight excluding hydrogens is 332 g/mol. The Hall–Kier alpha value is -2.00. The molecule has 3 nitrogen and oxygen atoms in total. The highest BCUT2D eigenvalue weighted by atomic mass is 35.5. The predicted molar refractivity (Wildman–Crippen MR) is 104 cm³/mol. The number of fused-ring (bicyclic) bond motifs is 2. The molecule has 0 saturated carbocycles. The minimum Gasteiger partial charge on any atom is -0.359 e. The van der Waals surface area contributed by atoms with Gasteiger partial charge in [0.1, 0.15) is 0 Å². The molecule has 1 amide bonds. The zero-order chi connectivity index (χ0) is 17.4. The van der Waals surface area contributed by atoms with E-state index in [9.17, 15) is 4.79 Å². The van der Waals surface area contributed by atoms with Gasteiger partial charge >= 0.3 is 0 Å². The first kappa shape index (κ1) is 16.5. The fourth-order valence-corrected chi connectivity index (χ4v) is 4.31. The molecule has 2 aromatic rings. The van der Waals surface area contributed by atoms with Crippen molar-refractivity contribution in [3.63, 3.8) is 0 Å². The van der Waals surface area contributed by atoms with Crippen molar-refractivity contribution in [1.29, 1.82) is 0 Å². The molecule has 0 saturated heterocycles. The summed E-state index contributed by atoms with van der Waals surface area (Å²) in [7, 11) is 0. The number of rotatable bonds is 4. The lowest BCUT2D eigenvalue weighted by molar-refractivity contribution is -0.110. The number of hydrogen-bond acceptors (Lipinski definition) is 1. The van der Waals surface area contributed by atoms with E-state index in [2.05, 4.69) is 29.4 Å². The number of nitrogens with one attached hydrogen (secondary N) is 2. The summed E-state index contributed by atoms with van der Waals surface area (Å²) in [5.41, 5.74) is 7.58. The fourth-order valence-electron chi connectivity index (χ4n) is 4.09. The summed E-state index contributed by atoms with van der Waals surface area (Å²) in [6, 6.07) is 8.33. The number of hydrogen-bond donors (Lipinski definition) is 2. The summed E-state index contributed by atoms with van der Waals surface area (Å²) < 4.78 is 0. The summed E-state index contributed by atoms with van der Waals surface area (Å²) in [6.45, 7) is 2.25. The van der Waals surface area contributed by atoms with Gasteiger partial charge in [-0.1, -0.05) is 13.0 Å². The molecule has 130 valence electrons. The smallest absolute Gasteiger partial charge is 0.256 e. The Bertz CT molecular complexity index is 850. The first-order chi connectivity index (χ1) is 12.2. The average Bonchev–Trinajstić information content (AvgIpc) is 3.16. The molecular formula is C21H23ClN2O. The van der Waals surface area contributed by atoms with E-state index < -0.39 is 0 Å². The Morgan fingerprint density at radius 3 is 3.00 bits per heavy atom. The fraction of sp³-hybridized carbons (Fsp3) is 0.381. The minimum absolute atomic E-state index is 0.0300. The Labute approximate surface area is 153 Å². The number of H-pyrrole nitrogens is 1. The van der Waals surface area contributed by atoms with Crippen LogP contribution in [0.15, 0.2) is 24.3 Å². The van der Waals surface area contributed by atoms with Crippen LogP contribution in [0.4, 0.5) is 5.69 Å².